The van der Waals surface area contributed by atoms with Crippen LogP contribution in [0.25, 0.3) is 0 Å². The van der Waals surface area contributed by atoms with E-state index in [1.54, 1.807) is 6.07 Å². The van der Waals surface area contributed by atoms with E-state index in [2.05, 4.69) is 0 Å². The molecule has 1 aromatic rings. The van der Waals surface area contributed by atoms with Crippen LogP contribution in [0.15, 0.2) is 18.2 Å². The zero-order valence-electron chi connectivity index (χ0n) is 7.47. The summed E-state index contributed by atoms with van der Waals surface area (Å²) in [5, 5.41) is 17.7. The summed E-state index contributed by atoms with van der Waals surface area (Å²) < 4.78 is 0. The Balaban J connectivity index is 3.21. The number of aliphatic hydroxyl groups is 1. The molecule has 0 aliphatic carbocycles. The van der Waals surface area contributed by atoms with Crippen LogP contribution in [-0.4, -0.2) is 22.8 Å². The molecule has 0 saturated carbocycles. The average molecular weight is 196 g/mol. The Morgan fingerprint density at radius 3 is 2.64 bits per heavy atom. The largest absolute Gasteiger partial charge is 0.478 e. The number of carboxylic acid groups (broad SMARTS) is 1. The summed E-state index contributed by atoms with van der Waals surface area (Å²) in [6, 6.07) is 3.70. The van der Waals surface area contributed by atoms with Crippen molar-refractivity contribution in [2.24, 2.45) is 5.73 Å². The molecule has 5 heteroatoms. The number of benzene rings is 1. The molecule has 0 aliphatic heterocycles. The predicted molar refractivity (Wildman–Crippen MR) is 51.8 cm³/mol. The molecule has 1 aromatic carbocycles. The molecule has 0 fully saturated rings. The Bertz CT molecular complexity index is 352. The highest BCUT2D eigenvalue weighted by molar-refractivity contribution is 5.90. The van der Waals surface area contributed by atoms with Gasteiger partial charge in [-0.3, -0.25) is 0 Å². The van der Waals surface area contributed by atoms with Crippen molar-refractivity contribution in [2.75, 3.05) is 12.3 Å². The minimum atomic E-state index is -1.10. The van der Waals surface area contributed by atoms with Crippen LogP contribution in [0.2, 0.25) is 0 Å². The number of rotatable bonds is 3. The van der Waals surface area contributed by atoms with Gasteiger partial charge < -0.3 is 21.7 Å². The van der Waals surface area contributed by atoms with Gasteiger partial charge in [0.2, 0.25) is 0 Å². The highest BCUT2D eigenvalue weighted by Crippen LogP contribution is 2.18. The zero-order chi connectivity index (χ0) is 10.7. The summed E-state index contributed by atoms with van der Waals surface area (Å²) in [5.41, 5.74) is 11.7. The molecule has 0 heterocycles. The molecule has 5 nitrogen and oxygen atoms in total. The number of anilines is 1. The quantitative estimate of drug-likeness (QED) is 0.507. The van der Waals surface area contributed by atoms with E-state index in [-0.39, 0.29) is 12.2 Å². The van der Waals surface area contributed by atoms with Gasteiger partial charge in [-0.2, -0.15) is 0 Å². The van der Waals surface area contributed by atoms with Crippen molar-refractivity contribution < 1.29 is 15.0 Å². The Morgan fingerprint density at radius 1 is 1.50 bits per heavy atom. The van der Waals surface area contributed by atoms with Crippen molar-refractivity contribution in [3.63, 3.8) is 0 Å². The highest BCUT2D eigenvalue weighted by atomic mass is 16.4. The van der Waals surface area contributed by atoms with Crippen LogP contribution in [0, 0.1) is 0 Å². The minimum absolute atomic E-state index is 0.0338. The predicted octanol–water partition coefficient (Wildman–Crippen LogP) is -0.0409. The number of carbonyl (C=O) groups is 1. The first-order chi connectivity index (χ1) is 6.56. The fourth-order valence-electron chi connectivity index (χ4n) is 1.18. The standard InChI is InChI=1S/C9H12N2O3/c10-5-1-2-6(8(11)4-12)7(3-5)9(13)14/h1-3,8,12H,4,10-11H2,(H,13,14)/t8-/m1/s1. The number of carboxylic acids is 1. The lowest BCUT2D eigenvalue weighted by atomic mass is 10.0. The van der Waals surface area contributed by atoms with Crippen LogP contribution in [0.3, 0.4) is 0 Å². The van der Waals surface area contributed by atoms with E-state index < -0.39 is 12.0 Å². The molecule has 0 amide bonds. The monoisotopic (exact) mass is 196 g/mol. The summed E-state index contributed by atoms with van der Waals surface area (Å²) in [7, 11) is 0. The zero-order valence-corrected chi connectivity index (χ0v) is 7.47. The SMILES string of the molecule is Nc1ccc([C@H](N)CO)c(C(=O)O)c1. The molecule has 14 heavy (non-hydrogen) atoms. The van der Waals surface area contributed by atoms with Gasteiger partial charge in [-0.1, -0.05) is 6.07 Å². The van der Waals surface area contributed by atoms with Crippen LogP contribution in [-0.2, 0) is 0 Å². The van der Waals surface area contributed by atoms with Crippen molar-refractivity contribution in [3.05, 3.63) is 29.3 Å². The lowest BCUT2D eigenvalue weighted by Gasteiger charge is -2.12. The Hall–Kier alpha value is -1.59. The first-order valence-electron chi connectivity index (χ1n) is 4.05. The summed E-state index contributed by atoms with van der Waals surface area (Å²) in [5.74, 6) is -1.10. The summed E-state index contributed by atoms with van der Waals surface area (Å²) in [4.78, 5) is 10.8. The number of aromatic carboxylic acids is 1. The van der Waals surface area contributed by atoms with Crippen LogP contribution in [0.1, 0.15) is 22.0 Å². The molecule has 1 rings (SSSR count). The molecule has 1 atom stereocenters. The molecular formula is C9H12N2O3. The number of hydrogen-bond donors (Lipinski definition) is 4. The molecular weight excluding hydrogens is 184 g/mol. The molecule has 0 aliphatic rings. The van der Waals surface area contributed by atoms with Crippen molar-refractivity contribution >= 4 is 11.7 Å². The number of nitrogens with two attached hydrogens (primary N) is 2. The van der Waals surface area contributed by atoms with Crippen molar-refractivity contribution in [3.8, 4) is 0 Å². The molecule has 0 saturated heterocycles. The third-order valence-electron chi connectivity index (χ3n) is 1.90. The third kappa shape index (κ3) is 2.01. The minimum Gasteiger partial charge on any atom is -0.478 e. The number of nitrogen functional groups attached to an aromatic ring is 1. The van der Waals surface area contributed by atoms with Crippen LogP contribution >= 0.6 is 0 Å². The molecule has 0 spiro atoms. The maximum atomic E-state index is 10.8. The summed E-state index contributed by atoms with van der Waals surface area (Å²) in [6.07, 6.45) is 0. The molecule has 0 unspecified atom stereocenters. The Labute approximate surface area is 81.0 Å². The first kappa shape index (κ1) is 10.5. The maximum absolute atomic E-state index is 10.8. The van der Waals surface area contributed by atoms with Gasteiger partial charge in [0, 0.05) is 5.69 Å². The first-order valence-corrected chi connectivity index (χ1v) is 4.05. The molecule has 0 aromatic heterocycles. The van der Waals surface area contributed by atoms with Gasteiger partial charge in [0.25, 0.3) is 0 Å². The molecule has 0 bridgehead atoms. The fourth-order valence-corrected chi connectivity index (χ4v) is 1.18. The maximum Gasteiger partial charge on any atom is 0.336 e. The van der Waals surface area contributed by atoms with Gasteiger partial charge in [0.1, 0.15) is 0 Å². The lowest BCUT2D eigenvalue weighted by molar-refractivity contribution is 0.0694. The molecule has 0 radical (unpaired) electrons. The van der Waals surface area contributed by atoms with Crippen LogP contribution in [0.4, 0.5) is 5.69 Å². The fraction of sp³-hybridized carbons (Fsp3) is 0.222. The van der Waals surface area contributed by atoms with Crippen molar-refractivity contribution in [1.29, 1.82) is 0 Å². The lowest BCUT2D eigenvalue weighted by Crippen LogP contribution is -2.18. The van der Waals surface area contributed by atoms with E-state index in [1.165, 1.54) is 12.1 Å². The summed E-state index contributed by atoms with van der Waals surface area (Å²) in [6.45, 7) is -0.301. The summed E-state index contributed by atoms with van der Waals surface area (Å²) >= 11 is 0. The molecule has 6 N–H and O–H groups in total. The van der Waals surface area contributed by atoms with Crippen molar-refractivity contribution in [2.45, 2.75) is 6.04 Å². The van der Waals surface area contributed by atoms with Crippen molar-refractivity contribution in [1.82, 2.24) is 0 Å². The normalized spacial score (nSPS) is 12.4. The second kappa shape index (κ2) is 4.08. The van der Waals surface area contributed by atoms with Gasteiger partial charge in [0.15, 0.2) is 0 Å². The number of hydrogen-bond acceptors (Lipinski definition) is 4. The van der Waals surface area contributed by atoms with Crippen LogP contribution < -0.4 is 11.5 Å². The second-order valence-electron chi connectivity index (χ2n) is 2.94. The number of aliphatic hydroxyl groups excluding tert-OH is 1. The van der Waals surface area contributed by atoms with E-state index in [9.17, 15) is 4.79 Å². The highest BCUT2D eigenvalue weighted by Gasteiger charge is 2.15. The van der Waals surface area contributed by atoms with Crippen LogP contribution in [0.5, 0.6) is 0 Å². The Kier molecular flexibility index (Phi) is 3.06. The van der Waals surface area contributed by atoms with E-state index in [0.717, 1.165) is 0 Å². The third-order valence-corrected chi connectivity index (χ3v) is 1.90. The van der Waals surface area contributed by atoms with E-state index in [0.29, 0.717) is 11.3 Å². The topological polar surface area (TPSA) is 110 Å². The van der Waals surface area contributed by atoms with Gasteiger partial charge in [0.05, 0.1) is 18.2 Å². The Morgan fingerprint density at radius 2 is 2.14 bits per heavy atom. The van der Waals surface area contributed by atoms with Gasteiger partial charge in [-0.05, 0) is 17.7 Å². The van der Waals surface area contributed by atoms with Gasteiger partial charge in [-0.15, -0.1) is 0 Å². The van der Waals surface area contributed by atoms with Gasteiger partial charge >= 0.3 is 5.97 Å². The second-order valence-corrected chi connectivity index (χ2v) is 2.94. The van der Waals surface area contributed by atoms with E-state index >= 15 is 0 Å². The smallest absolute Gasteiger partial charge is 0.336 e. The van der Waals surface area contributed by atoms with E-state index in [1.807, 2.05) is 0 Å². The van der Waals surface area contributed by atoms with Gasteiger partial charge in [-0.25, -0.2) is 4.79 Å². The van der Waals surface area contributed by atoms with E-state index in [4.69, 9.17) is 21.7 Å². The average Bonchev–Trinajstić information content (AvgIpc) is 2.16. The molecule has 76 valence electrons.